The molecule has 410 valence electrons. The molecule has 16 nitrogen and oxygen atoms in total. The molecule has 0 radical (unpaired) electrons. The summed E-state index contributed by atoms with van der Waals surface area (Å²) in [5.74, 6) is 61.4. The lowest BCUT2D eigenvalue weighted by Crippen LogP contribution is -2.45. The van der Waals surface area contributed by atoms with Gasteiger partial charge in [0.25, 0.3) is 0 Å². The van der Waals surface area contributed by atoms with Crippen LogP contribution in [-0.4, -0.2) is 48.5 Å². The molecular formula is C54H88N2O14S2. The Hall–Kier alpha value is -7.82. The monoisotopic (exact) mass is 1050 g/mol. The van der Waals surface area contributed by atoms with E-state index >= 15 is 0 Å². The molecule has 0 amide bonds. The molecular weight excluding hydrogens is 965 g/mol. The lowest BCUT2D eigenvalue weighted by molar-refractivity contribution is -0.675. The number of carbonyl (C=O) groups is 2. The van der Waals surface area contributed by atoms with Crippen LogP contribution in [0.4, 0.5) is 0 Å². The number of hydrogen-bond donors (Lipinski definition) is 4. The van der Waals surface area contributed by atoms with Gasteiger partial charge < -0.3 is 14.2 Å². The summed E-state index contributed by atoms with van der Waals surface area (Å²) < 4.78 is 50.6. The summed E-state index contributed by atoms with van der Waals surface area (Å²) in [4.78, 5) is 32.7. The molecule has 0 unspecified atom stereocenters. The van der Waals surface area contributed by atoms with E-state index < -0.39 is 39.2 Å². The Morgan fingerprint density at radius 3 is 1.56 bits per heavy atom. The largest absolute Gasteiger partial charge is 0.487 e. The van der Waals surface area contributed by atoms with Crippen molar-refractivity contribution in [3.05, 3.63) is 22.3 Å². The molecule has 0 aromatic heterocycles. The minimum Gasteiger partial charge on any atom is -0.487 e. The van der Waals surface area contributed by atoms with Crippen LogP contribution in [0.15, 0.2) is 4.90 Å². The summed E-state index contributed by atoms with van der Waals surface area (Å²) in [7, 11) is -4.15. The van der Waals surface area contributed by atoms with Gasteiger partial charge >= 0.3 is 11.9 Å². The van der Waals surface area contributed by atoms with E-state index in [0.717, 1.165) is 23.3 Å². The summed E-state index contributed by atoms with van der Waals surface area (Å²) in [5, 5.41) is 17.3. The third-order valence-electron chi connectivity index (χ3n) is 7.75. The SMILES string of the molecule is C#CC#CC#CC#CC#CC#CC#CC#CC#CC#CC#CC#CC#CC.Cc1c(C)c(S(=O)(=O)N[C@@H](CCC(=O)OC(C)(C)C)C(=O)OC(C)(C)C)c(C)c2c1OC(C)(C)CC2.OOOONOOOS.[HH].[HH].[HH].[HH].[HH].[HH].[HH].[HH].[HH].[HH].[HH].[HH].[HH].[HH].[HH].[HH].[HH].[HH].[HH]. The molecule has 1 heterocycles. The molecule has 1 aliphatic heterocycles. The summed E-state index contributed by atoms with van der Waals surface area (Å²) in [6, 6.07) is -1.26. The number of ether oxygens (including phenoxy) is 3. The van der Waals surface area contributed by atoms with Gasteiger partial charge in [0.2, 0.25) is 10.0 Å². The number of hydrogen-bond acceptors (Lipinski definition) is 16. The first-order chi connectivity index (χ1) is 34.0. The fraction of sp³-hybridized carbons (Fsp3) is 0.370. The number of sulfonamides is 1. The van der Waals surface area contributed by atoms with E-state index in [1.54, 1.807) is 62.3 Å². The Morgan fingerprint density at radius 2 is 1.15 bits per heavy atom. The van der Waals surface area contributed by atoms with Gasteiger partial charge in [-0.15, -0.1) is 10.8 Å². The van der Waals surface area contributed by atoms with Crippen LogP contribution in [0.5, 0.6) is 5.75 Å². The molecule has 1 aromatic rings. The summed E-state index contributed by atoms with van der Waals surface area (Å²) in [6.45, 7) is 21.4. The first-order valence-electron chi connectivity index (χ1n) is 20.6. The molecule has 0 spiro atoms. The first kappa shape index (κ1) is 64.2. The number of terminal acetylenes is 1. The zero-order valence-electron chi connectivity index (χ0n) is 41.6. The summed E-state index contributed by atoms with van der Waals surface area (Å²) >= 11 is 3.08. The predicted octanol–water partition coefficient (Wildman–Crippen LogP) is 9.66. The average molecular weight is 1050 g/mol. The second-order valence-electron chi connectivity index (χ2n) is 16.0. The van der Waals surface area contributed by atoms with Gasteiger partial charge in [0, 0.05) is 93.8 Å². The Bertz CT molecular complexity index is 3130. The third-order valence-corrected chi connectivity index (χ3v) is 9.56. The molecule has 0 aliphatic carbocycles. The second-order valence-corrected chi connectivity index (χ2v) is 17.8. The average Bonchev–Trinajstić information content (AvgIpc) is 3.28. The van der Waals surface area contributed by atoms with Gasteiger partial charge in [-0.05, 0) is 240 Å². The Labute approximate surface area is 457 Å². The minimum absolute atomic E-state index is 0. The van der Waals surface area contributed by atoms with Crippen molar-refractivity contribution in [2.75, 3.05) is 0 Å². The summed E-state index contributed by atoms with van der Waals surface area (Å²) in [5.41, 5.74) is 2.41. The Morgan fingerprint density at radius 1 is 0.722 bits per heavy atom. The van der Waals surface area contributed by atoms with Crippen molar-refractivity contribution in [3.8, 4) is 160 Å². The number of fused-ring (bicyclic) bond motifs is 1. The molecule has 2 rings (SSSR count). The van der Waals surface area contributed by atoms with E-state index in [-0.39, 0.29) is 50.4 Å². The lowest BCUT2D eigenvalue weighted by atomic mass is 9.88. The van der Waals surface area contributed by atoms with E-state index in [9.17, 15) is 18.0 Å². The highest BCUT2D eigenvalue weighted by Crippen LogP contribution is 2.42. The Balaban J connectivity index is -0.0000000464. The zero-order valence-corrected chi connectivity index (χ0v) is 43.3. The van der Waals surface area contributed by atoms with Crippen LogP contribution < -0.4 is 15.1 Å². The molecule has 1 aromatic carbocycles. The smallest absolute Gasteiger partial charge is 0.324 e. The standard InChI is InChI=1S/C27H43NO7S.C27H4.H3NO7S.19H2/c1-16-17(2)23(18(3)19-14-15-27(10,11)34-22(16)19)36(31,32)28-20(24(30)35-26(7,8)9)12-13-21(29)33-25(4,5)6;1-3-5-7-9-11-13-15-17-19-21-23-25-27-26-24-22-20-18-16-14-12-10-8-6-4-2;2-5-6-3-1-4-7-8-9;;;;;;;;;;;;;;;;;;;/h20,28H,12-15H2,1-11H3;1H,2H3;1-2,9H;19*1H/t20-;;;;;;;;;;;;;;;;;;;;;/m0...................../s1. The van der Waals surface area contributed by atoms with Gasteiger partial charge in [-0.2, -0.15) is 4.72 Å². The van der Waals surface area contributed by atoms with E-state index in [0.29, 0.717) is 17.5 Å². The van der Waals surface area contributed by atoms with Crippen molar-refractivity contribution in [2.24, 2.45) is 0 Å². The van der Waals surface area contributed by atoms with Crippen molar-refractivity contribution in [1.82, 2.24) is 10.4 Å². The van der Waals surface area contributed by atoms with E-state index in [1.165, 1.54) is 5.64 Å². The van der Waals surface area contributed by atoms with Crippen LogP contribution in [0, 0.1) is 175 Å². The number of nitrogens with one attached hydrogen (secondary N) is 2. The third kappa shape index (κ3) is 30.6. The van der Waals surface area contributed by atoms with Crippen molar-refractivity contribution < 1.29 is 94.0 Å². The highest BCUT2D eigenvalue weighted by molar-refractivity contribution is 7.89. The maximum Gasteiger partial charge on any atom is 0.324 e. The highest BCUT2D eigenvalue weighted by Gasteiger charge is 2.36. The van der Waals surface area contributed by atoms with Gasteiger partial charge in [0.1, 0.15) is 28.6 Å². The fourth-order valence-electron chi connectivity index (χ4n) is 5.08. The van der Waals surface area contributed by atoms with Crippen LogP contribution in [0.25, 0.3) is 0 Å². The number of carbonyl (C=O) groups excluding carboxylic acids is 2. The van der Waals surface area contributed by atoms with Gasteiger partial charge in [-0.1, -0.05) is 15.9 Å². The van der Waals surface area contributed by atoms with Gasteiger partial charge in [-0.25, -0.2) is 13.7 Å². The Kier molecular flexibility index (Phi) is 31.5. The van der Waals surface area contributed by atoms with Crippen molar-refractivity contribution >= 4 is 34.9 Å². The molecule has 0 bridgehead atoms. The van der Waals surface area contributed by atoms with Crippen LogP contribution in [0.2, 0.25) is 0 Å². The zero-order chi connectivity index (χ0) is 54.5. The summed E-state index contributed by atoms with van der Waals surface area (Å²) in [6.07, 6.45) is 6.12. The fourth-order valence-corrected chi connectivity index (χ4v) is 6.90. The first-order valence-corrected chi connectivity index (χ1v) is 22.5. The molecule has 0 fully saturated rings. The predicted molar refractivity (Wildman–Crippen MR) is 308 cm³/mol. The van der Waals surface area contributed by atoms with E-state index in [1.807, 2.05) is 20.8 Å². The molecule has 3 N–H and O–H groups in total. The van der Waals surface area contributed by atoms with Crippen LogP contribution in [0.1, 0.15) is 131 Å². The topological polar surface area (TPSA) is 196 Å². The quantitative estimate of drug-likeness (QED) is 0.0277. The molecule has 0 saturated heterocycles. The molecule has 1 aliphatic rings. The van der Waals surface area contributed by atoms with Gasteiger partial charge in [0.05, 0.1) is 4.90 Å². The van der Waals surface area contributed by atoms with E-state index in [2.05, 4.69) is 195 Å². The number of esters is 2. The number of benzene rings is 1. The minimum atomic E-state index is -4.15. The lowest BCUT2D eigenvalue weighted by Gasteiger charge is -2.35. The van der Waals surface area contributed by atoms with Crippen LogP contribution >= 0.6 is 12.9 Å². The van der Waals surface area contributed by atoms with Crippen LogP contribution in [0.3, 0.4) is 0 Å². The maximum atomic E-state index is 13.7. The molecule has 0 saturated carbocycles. The number of thiol groups is 1. The van der Waals surface area contributed by atoms with Crippen molar-refractivity contribution in [3.63, 3.8) is 0 Å². The highest BCUT2D eigenvalue weighted by atomic mass is 32.2. The van der Waals surface area contributed by atoms with E-state index in [4.69, 9.17) is 25.9 Å². The van der Waals surface area contributed by atoms with Gasteiger partial charge in [0.15, 0.2) is 0 Å². The maximum absolute atomic E-state index is 13.7. The van der Waals surface area contributed by atoms with Crippen LogP contribution in [-0.2, 0) is 64.9 Å². The van der Waals surface area contributed by atoms with Gasteiger partial charge in [-0.3, -0.25) is 9.59 Å². The normalized spacial score (nSPS) is 11.0. The molecule has 1 atom stereocenters. The number of rotatable bonds is 13. The van der Waals surface area contributed by atoms with Crippen molar-refractivity contribution in [1.29, 1.82) is 0 Å². The van der Waals surface area contributed by atoms with Crippen molar-refractivity contribution in [2.45, 2.75) is 137 Å². The molecule has 72 heavy (non-hydrogen) atoms. The second kappa shape index (κ2) is 35.3. The molecule has 18 heteroatoms.